The molecule has 0 spiro atoms. The van der Waals surface area contributed by atoms with Crippen molar-refractivity contribution in [3.8, 4) is 5.69 Å². The number of hydrogen-bond acceptors (Lipinski definition) is 1. The maximum Gasteiger partial charge on any atom is 0.181 e. The molecule has 1 aliphatic heterocycles. The Kier molecular flexibility index (Phi) is 2.33. The van der Waals surface area contributed by atoms with Gasteiger partial charge in [0, 0.05) is 40.7 Å². The first kappa shape index (κ1) is 10.6. The van der Waals surface area contributed by atoms with Gasteiger partial charge in [0.05, 0.1) is 0 Å². The van der Waals surface area contributed by atoms with Crippen molar-refractivity contribution < 1.29 is 0 Å². The normalized spacial score (nSPS) is 17.4. The summed E-state index contributed by atoms with van der Waals surface area (Å²) in [5.74, 6) is 0.342. The highest BCUT2D eigenvalue weighted by atomic mass is 35.5. The second-order valence-corrected chi connectivity index (χ2v) is 4.97. The van der Waals surface area contributed by atoms with Crippen molar-refractivity contribution in [3.05, 3.63) is 63.0 Å². The van der Waals surface area contributed by atoms with Crippen molar-refractivity contribution >= 4 is 11.6 Å². The van der Waals surface area contributed by atoms with Crippen LogP contribution in [0.4, 0.5) is 0 Å². The maximum absolute atomic E-state index is 11.4. The molecule has 2 aromatic rings. The lowest BCUT2D eigenvalue weighted by atomic mass is 9.92. The number of nitrogens with zero attached hydrogens (tertiary/aromatic N) is 1. The van der Waals surface area contributed by atoms with E-state index in [0.717, 1.165) is 22.8 Å². The van der Waals surface area contributed by atoms with E-state index in [-0.39, 0.29) is 5.43 Å². The van der Waals surface area contributed by atoms with E-state index in [1.54, 1.807) is 12.1 Å². The van der Waals surface area contributed by atoms with Crippen LogP contribution in [-0.4, -0.2) is 4.57 Å². The van der Waals surface area contributed by atoms with Crippen LogP contribution in [0, 0.1) is 0 Å². The molecule has 1 atom stereocenters. The monoisotopic (exact) mass is 245 g/mol. The minimum atomic E-state index is 0.0699. The van der Waals surface area contributed by atoms with E-state index >= 15 is 0 Å². The number of aromatic nitrogens is 1. The largest absolute Gasteiger partial charge is 0.320 e. The summed E-state index contributed by atoms with van der Waals surface area (Å²) >= 11 is 6.02. The van der Waals surface area contributed by atoms with Crippen LogP contribution < -0.4 is 5.43 Å². The van der Waals surface area contributed by atoms with Crippen LogP contribution >= 0.6 is 11.6 Å². The van der Waals surface area contributed by atoms with Crippen LogP contribution in [0.15, 0.2) is 41.3 Å². The Morgan fingerprint density at radius 1 is 1.29 bits per heavy atom. The number of pyridine rings is 1. The quantitative estimate of drug-likeness (QED) is 0.699. The van der Waals surface area contributed by atoms with E-state index in [2.05, 4.69) is 11.5 Å². The highest BCUT2D eigenvalue weighted by Crippen LogP contribution is 2.32. The molecule has 0 N–H and O–H groups in total. The van der Waals surface area contributed by atoms with Gasteiger partial charge < -0.3 is 4.57 Å². The van der Waals surface area contributed by atoms with Crippen molar-refractivity contribution in [2.24, 2.45) is 0 Å². The third-order valence-corrected chi connectivity index (χ3v) is 3.52. The molecule has 86 valence electrons. The first-order chi connectivity index (χ1) is 8.15. The molecule has 0 radical (unpaired) electrons. The van der Waals surface area contributed by atoms with Crippen LogP contribution in [0.1, 0.15) is 24.1 Å². The Bertz CT molecular complexity index is 645. The van der Waals surface area contributed by atoms with Gasteiger partial charge in [0.1, 0.15) is 0 Å². The molecule has 0 bridgehead atoms. The lowest BCUT2D eigenvalue weighted by Gasteiger charge is -2.27. The van der Waals surface area contributed by atoms with Crippen LogP contribution in [0.5, 0.6) is 0 Å². The average molecular weight is 246 g/mol. The fourth-order valence-electron chi connectivity index (χ4n) is 2.48. The molecule has 0 amide bonds. The van der Waals surface area contributed by atoms with Crippen LogP contribution in [0.3, 0.4) is 0 Å². The standard InChI is InChI=1S/C14H12ClNO/c1-9-6-10-7-11(15)2-3-13(10)16-5-4-12(17)8-14(9)16/h2-5,7-9H,6H2,1H3/t9-/m1/s1. The van der Waals surface area contributed by atoms with Crippen molar-refractivity contribution in [2.45, 2.75) is 19.3 Å². The molecule has 1 aromatic carbocycles. The van der Waals surface area contributed by atoms with E-state index in [4.69, 9.17) is 11.6 Å². The molecule has 1 aliphatic rings. The van der Waals surface area contributed by atoms with E-state index in [1.165, 1.54) is 5.56 Å². The zero-order chi connectivity index (χ0) is 12.0. The smallest absolute Gasteiger partial charge is 0.181 e. The average Bonchev–Trinajstić information content (AvgIpc) is 2.29. The molecule has 3 rings (SSSR count). The molecule has 17 heavy (non-hydrogen) atoms. The molecule has 0 saturated heterocycles. The number of hydrogen-bond donors (Lipinski definition) is 0. The minimum Gasteiger partial charge on any atom is -0.320 e. The molecule has 0 fully saturated rings. The van der Waals surface area contributed by atoms with Gasteiger partial charge in [-0.15, -0.1) is 0 Å². The van der Waals surface area contributed by atoms with Crippen molar-refractivity contribution in [1.29, 1.82) is 0 Å². The van der Waals surface area contributed by atoms with Crippen molar-refractivity contribution in [3.63, 3.8) is 0 Å². The second-order valence-electron chi connectivity index (χ2n) is 4.54. The van der Waals surface area contributed by atoms with Gasteiger partial charge in [-0.3, -0.25) is 4.79 Å². The Hall–Kier alpha value is -1.54. The third kappa shape index (κ3) is 1.69. The topological polar surface area (TPSA) is 22.0 Å². The molecule has 0 aliphatic carbocycles. The SMILES string of the molecule is C[C@@H]1Cc2cc(Cl)ccc2-n2ccc(=O)cc21. The summed E-state index contributed by atoms with van der Waals surface area (Å²) in [5, 5.41) is 0.764. The van der Waals surface area contributed by atoms with Gasteiger partial charge in [0.15, 0.2) is 5.43 Å². The second kappa shape index (κ2) is 3.74. The first-order valence-electron chi connectivity index (χ1n) is 5.66. The molecular weight excluding hydrogens is 234 g/mol. The van der Waals surface area contributed by atoms with E-state index < -0.39 is 0 Å². The molecule has 0 unspecified atom stereocenters. The predicted octanol–water partition coefficient (Wildman–Crippen LogP) is 3.15. The zero-order valence-electron chi connectivity index (χ0n) is 9.48. The van der Waals surface area contributed by atoms with Crippen LogP contribution in [0.2, 0.25) is 5.02 Å². The van der Waals surface area contributed by atoms with Gasteiger partial charge in [-0.2, -0.15) is 0 Å². The summed E-state index contributed by atoms with van der Waals surface area (Å²) in [5.41, 5.74) is 3.51. The zero-order valence-corrected chi connectivity index (χ0v) is 10.2. The number of halogens is 1. The minimum absolute atomic E-state index is 0.0699. The van der Waals surface area contributed by atoms with Crippen LogP contribution in [-0.2, 0) is 6.42 Å². The summed E-state index contributed by atoms with van der Waals surface area (Å²) in [6, 6.07) is 9.23. The summed E-state index contributed by atoms with van der Waals surface area (Å²) in [6.07, 6.45) is 2.78. The highest BCUT2D eigenvalue weighted by Gasteiger charge is 2.20. The number of rotatable bonds is 0. The van der Waals surface area contributed by atoms with E-state index in [9.17, 15) is 4.79 Å². The highest BCUT2D eigenvalue weighted by molar-refractivity contribution is 6.30. The molecule has 3 heteroatoms. The van der Waals surface area contributed by atoms with Gasteiger partial charge in [0.25, 0.3) is 0 Å². The summed E-state index contributed by atoms with van der Waals surface area (Å²) in [6.45, 7) is 2.13. The molecule has 0 saturated carbocycles. The first-order valence-corrected chi connectivity index (χ1v) is 6.04. The number of benzene rings is 1. The molecular formula is C14H12ClNO. The Labute approximate surface area is 104 Å². The van der Waals surface area contributed by atoms with Gasteiger partial charge in [-0.1, -0.05) is 18.5 Å². The lowest BCUT2D eigenvalue weighted by Crippen LogP contribution is -2.19. The Morgan fingerprint density at radius 2 is 2.12 bits per heavy atom. The fourth-order valence-corrected chi connectivity index (χ4v) is 2.68. The predicted molar refractivity (Wildman–Crippen MR) is 69.2 cm³/mol. The third-order valence-electron chi connectivity index (χ3n) is 3.29. The van der Waals surface area contributed by atoms with E-state index in [0.29, 0.717) is 5.92 Å². The van der Waals surface area contributed by atoms with Crippen molar-refractivity contribution in [2.75, 3.05) is 0 Å². The van der Waals surface area contributed by atoms with Gasteiger partial charge >= 0.3 is 0 Å². The van der Waals surface area contributed by atoms with Gasteiger partial charge in [-0.05, 0) is 30.2 Å². The van der Waals surface area contributed by atoms with E-state index in [1.807, 2.05) is 24.4 Å². The fraction of sp³-hybridized carbons (Fsp3) is 0.214. The van der Waals surface area contributed by atoms with Gasteiger partial charge in [-0.25, -0.2) is 0 Å². The maximum atomic E-state index is 11.4. The van der Waals surface area contributed by atoms with Crippen LogP contribution in [0.25, 0.3) is 5.69 Å². The Morgan fingerprint density at radius 3 is 2.94 bits per heavy atom. The number of fused-ring (bicyclic) bond motifs is 3. The molecule has 1 aromatic heterocycles. The summed E-state index contributed by atoms with van der Waals surface area (Å²) in [7, 11) is 0. The molecule has 2 heterocycles. The Balaban J connectivity index is 2.30. The summed E-state index contributed by atoms with van der Waals surface area (Å²) in [4.78, 5) is 11.4. The van der Waals surface area contributed by atoms with Crippen molar-refractivity contribution in [1.82, 2.24) is 4.57 Å². The summed E-state index contributed by atoms with van der Waals surface area (Å²) < 4.78 is 2.08. The van der Waals surface area contributed by atoms with Gasteiger partial charge in [0.2, 0.25) is 0 Å². The molecule has 2 nitrogen and oxygen atoms in total. The lowest BCUT2D eigenvalue weighted by molar-refractivity contribution is 0.664.